The summed E-state index contributed by atoms with van der Waals surface area (Å²) in [4.78, 5) is 23.7. The Hall–Kier alpha value is -2.34. The second-order valence-corrected chi connectivity index (χ2v) is 6.78. The molecule has 1 N–H and O–H groups in total. The number of amides is 1. The first-order valence-electron chi connectivity index (χ1n) is 7.62. The van der Waals surface area contributed by atoms with Gasteiger partial charge in [-0.3, -0.25) is 14.9 Å². The van der Waals surface area contributed by atoms with Gasteiger partial charge in [0.1, 0.15) is 0 Å². The number of benzene rings is 2. The fraction of sp³-hybridized carbons (Fsp3) is 0.278. The molecule has 0 saturated carbocycles. The molecule has 0 aliphatic rings. The van der Waals surface area contributed by atoms with Crippen molar-refractivity contribution in [2.45, 2.75) is 25.7 Å². The molecule has 2 aromatic carbocycles. The molecule has 2 rings (SSSR count). The lowest BCUT2D eigenvalue weighted by atomic mass is 10.1. The molecule has 24 heavy (non-hydrogen) atoms. The largest absolute Gasteiger partial charge is 0.351 e. The van der Waals surface area contributed by atoms with Gasteiger partial charge in [0.15, 0.2) is 0 Å². The molecule has 0 saturated heterocycles. The molecule has 126 valence electrons. The molecule has 0 spiro atoms. The van der Waals surface area contributed by atoms with Gasteiger partial charge in [-0.25, -0.2) is 0 Å². The Morgan fingerprint density at radius 3 is 2.46 bits per heavy atom. The highest BCUT2D eigenvalue weighted by molar-refractivity contribution is 7.99. The van der Waals surface area contributed by atoms with Crippen molar-refractivity contribution >= 4 is 23.4 Å². The molecule has 0 atom stereocenters. The van der Waals surface area contributed by atoms with Gasteiger partial charge in [0.25, 0.3) is 11.6 Å². The molecule has 0 aliphatic heterocycles. The highest BCUT2D eigenvalue weighted by atomic mass is 32.2. The van der Waals surface area contributed by atoms with Crippen molar-refractivity contribution in [2.24, 2.45) is 0 Å². The average Bonchev–Trinajstić information content (AvgIpc) is 2.54. The van der Waals surface area contributed by atoms with Crippen LogP contribution in [0.2, 0.25) is 0 Å². The first kappa shape index (κ1) is 18.0. The van der Waals surface area contributed by atoms with Gasteiger partial charge < -0.3 is 5.32 Å². The van der Waals surface area contributed by atoms with Gasteiger partial charge in [-0.15, -0.1) is 11.8 Å². The molecule has 2 aromatic rings. The number of carbonyl (C=O) groups excluding carboxylic acids is 1. The lowest BCUT2D eigenvalue weighted by Gasteiger charge is -2.07. The number of nitrogens with one attached hydrogen (secondary N) is 1. The van der Waals surface area contributed by atoms with E-state index in [2.05, 4.69) is 37.4 Å². The summed E-state index contributed by atoms with van der Waals surface area (Å²) in [5, 5.41) is 13.7. The lowest BCUT2D eigenvalue weighted by molar-refractivity contribution is -0.385. The first-order valence-corrected chi connectivity index (χ1v) is 8.60. The predicted octanol–water partition coefficient (Wildman–Crippen LogP) is 4.04. The summed E-state index contributed by atoms with van der Waals surface area (Å²) in [6.45, 7) is 6.30. The third kappa shape index (κ3) is 4.58. The van der Waals surface area contributed by atoms with E-state index in [0.717, 1.165) is 5.75 Å². The number of nitro benzene ring substituents is 1. The number of aryl methyl sites for hydroxylation is 3. The third-order valence-corrected chi connectivity index (χ3v) is 4.80. The molecule has 0 heterocycles. The van der Waals surface area contributed by atoms with Crippen LogP contribution in [0.5, 0.6) is 0 Å². The number of nitrogens with zero attached hydrogens (tertiary/aromatic N) is 1. The number of thioether (sulfide) groups is 1. The van der Waals surface area contributed by atoms with E-state index < -0.39 is 4.92 Å². The topological polar surface area (TPSA) is 72.2 Å². The maximum atomic E-state index is 12.1. The van der Waals surface area contributed by atoms with E-state index in [1.54, 1.807) is 30.8 Å². The molecule has 0 fully saturated rings. The smallest absolute Gasteiger partial charge is 0.273 e. The first-order chi connectivity index (χ1) is 11.4. The molecule has 6 heteroatoms. The zero-order valence-corrected chi connectivity index (χ0v) is 14.8. The minimum atomic E-state index is -0.471. The minimum Gasteiger partial charge on any atom is -0.351 e. The van der Waals surface area contributed by atoms with E-state index in [9.17, 15) is 14.9 Å². The second kappa shape index (κ2) is 7.97. The Morgan fingerprint density at radius 1 is 1.08 bits per heavy atom. The van der Waals surface area contributed by atoms with Crippen LogP contribution in [0.15, 0.2) is 41.3 Å². The van der Waals surface area contributed by atoms with Gasteiger partial charge in [0.2, 0.25) is 0 Å². The van der Waals surface area contributed by atoms with Crippen molar-refractivity contribution in [3.05, 3.63) is 68.8 Å². The van der Waals surface area contributed by atoms with Crippen molar-refractivity contribution in [1.29, 1.82) is 0 Å². The quantitative estimate of drug-likeness (QED) is 0.371. The Labute approximate surface area is 145 Å². The van der Waals surface area contributed by atoms with Crippen LogP contribution in [0.4, 0.5) is 5.69 Å². The maximum absolute atomic E-state index is 12.1. The predicted molar refractivity (Wildman–Crippen MR) is 96.8 cm³/mol. The number of carbonyl (C=O) groups is 1. The number of nitro groups is 1. The summed E-state index contributed by atoms with van der Waals surface area (Å²) in [5.41, 5.74) is 3.32. The molecular weight excluding hydrogens is 324 g/mol. The molecule has 0 aromatic heterocycles. The normalized spacial score (nSPS) is 10.5. The van der Waals surface area contributed by atoms with Crippen LogP contribution in [0.3, 0.4) is 0 Å². The van der Waals surface area contributed by atoms with Crippen LogP contribution in [0.1, 0.15) is 27.0 Å². The number of rotatable bonds is 6. The van der Waals surface area contributed by atoms with Crippen molar-refractivity contribution in [3.8, 4) is 0 Å². The van der Waals surface area contributed by atoms with E-state index in [-0.39, 0.29) is 11.6 Å². The maximum Gasteiger partial charge on any atom is 0.273 e. The lowest BCUT2D eigenvalue weighted by Crippen LogP contribution is -2.25. The molecular formula is C18H20N2O3S. The van der Waals surface area contributed by atoms with E-state index in [0.29, 0.717) is 17.7 Å². The summed E-state index contributed by atoms with van der Waals surface area (Å²) in [7, 11) is 0. The van der Waals surface area contributed by atoms with Gasteiger partial charge >= 0.3 is 0 Å². The summed E-state index contributed by atoms with van der Waals surface area (Å²) in [6, 6.07) is 10.8. The van der Waals surface area contributed by atoms with E-state index in [4.69, 9.17) is 0 Å². The Kier molecular flexibility index (Phi) is 5.98. The van der Waals surface area contributed by atoms with Crippen molar-refractivity contribution < 1.29 is 9.72 Å². The molecule has 0 radical (unpaired) electrons. The summed E-state index contributed by atoms with van der Waals surface area (Å²) in [6.07, 6.45) is 0. The number of hydrogen-bond acceptors (Lipinski definition) is 4. The van der Waals surface area contributed by atoms with Crippen LogP contribution in [0.25, 0.3) is 0 Å². The van der Waals surface area contributed by atoms with Gasteiger partial charge in [-0.2, -0.15) is 0 Å². The van der Waals surface area contributed by atoms with Crippen LogP contribution < -0.4 is 5.32 Å². The summed E-state index contributed by atoms with van der Waals surface area (Å²) < 4.78 is 0. The van der Waals surface area contributed by atoms with Crippen molar-refractivity contribution in [2.75, 3.05) is 12.3 Å². The zero-order valence-electron chi connectivity index (χ0n) is 14.0. The van der Waals surface area contributed by atoms with Crippen molar-refractivity contribution in [1.82, 2.24) is 5.32 Å². The minimum absolute atomic E-state index is 0.0350. The van der Waals surface area contributed by atoms with Crippen molar-refractivity contribution in [3.63, 3.8) is 0 Å². The van der Waals surface area contributed by atoms with Gasteiger partial charge in [0, 0.05) is 34.4 Å². The van der Waals surface area contributed by atoms with Crippen LogP contribution >= 0.6 is 11.8 Å². The fourth-order valence-corrected chi connectivity index (χ4v) is 3.05. The van der Waals surface area contributed by atoms with Crippen LogP contribution in [0, 0.1) is 30.9 Å². The van der Waals surface area contributed by atoms with E-state index in [1.165, 1.54) is 22.1 Å². The monoisotopic (exact) mass is 344 g/mol. The highest BCUT2D eigenvalue weighted by Crippen LogP contribution is 2.21. The molecule has 1 amide bonds. The Balaban J connectivity index is 1.88. The zero-order chi connectivity index (χ0) is 17.7. The summed E-state index contributed by atoms with van der Waals surface area (Å²) >= 11 is 1.67. The van der Waals surface area contributed by atoms with Crippen LogP contribution in [-0.2, 0) is 0 Å². The molecule has 0 aliphatic carbocycles. The highest BCUT2D eigenvalue weighted by Gasteiger charge is 2.14. The van der Waals surface area contributed by atoms with Gasteiger partial charge in [-0.05, 0) is 50.1 Å². The average molecular weight is 344 g/mol. The molecule has 5 nitrogen and oxygen atoms in total. The van der Waals surface area contributed by atoms with Gasteiger partial charge in [0.05, 0.1) is 4.92 Å². The SMILES string of the molecule is Cc1ccc(SCCNC(=O)c2ccc(C)c([N+](=O)[O-])c2)cc1C. The standard InChI is InChI=1S/C18H20N2O3S/c1-12-5-7-16(10-14(12)3)24-9-8-19-18(21)15-6-4-13(2)17(11-15)20(22)23/h4-7,10-11H,8-9H2,1-3H3,(H,19,21). The molecule has 0 unspecified atom stereocenters. The third-order valence-electron chi connectivity index (χ3n) is 3.80. The van der Waals surface area contributed by atoms with Crippen LogP contribution in [-0.4, -0.2) is 23.1 Å². The van der Waals surface area contributed by atoms with E-state index >= 15 is 0 Å². The van der Waals surface area contributed by atoms with Gasteiger partial charge in [-0.1, -0.05) is 12.1 Å². The number of hydrogen-bond donors (Lipinski definition) is 1. The molecule has 0 bridgehead atoms. The van der Waals surface area contributed by atoms with E-state index in [1.807, 2.05) is 0 Å². The summed E-state index contributed by atoms with van der Waals surface area (Å²) in [5.74, 6) is 0.445. The second-order valence-electron chi connectivity index (χ2n) is 5.61. The Morgan fingerprint density at radius 2 is 1.79 bits per heavy atom. The Bertz CT molecular complexity index is 775. The fourth-order valence-electron chi connectivity index (χ4n) is 2.19.